The molecule has 1 amide bonds. The summed E-state index contributed by atoms with van der Waals surface area (Å²) in [7, 11) is 0. The number of rotatable bonds is 1. The van der Waals surface area contributed by atoms with Crippen molar-refractivity contribution in [3.8, 4) is 0 Å². The zero-order valence-electron chi connectivity index (χ0n) is 11.4. The Labute approximate surface area is 107 Å². The van der Waals surface area contributed by atoms with Crippen LogP contribution < -0.4 is 5.32 Å². The summed E-state index contributed by atoms with van der Waals surface area (Å²) in [5, 5.41) is 10.2. The molecule has 1 atom stereocenters. The normalized spacial score (nSPS) is 21.1. The molecule has 6 heteroatoms. The van der Waals surface area contributed by atoms with Gasteiger partial charge in [-0.05, 0) is 6.92 Å². The van der Waals surface area contributed by atoms with Gasteiger partial charge >= 0.3 is 0 Å². The number of nitrogens with one attached hydrogen (secondary N) is 2. The highest BCUT2D eigenvalue weighted by atomic mass is 16.2. The third-order valence-electron chi connectivity index (χ3n) is 3.15. The Morgan fingerprint density at radius 3 is 2.72 bits per heavy atom. The molecule has 1 aromatic heterocycles. The lowest BCUT2D eigenvalue weighted by Crippen LogP contribution is -2.52. The zero-order chi connectivity index (χ0) is 13.3. The summed E-state index contributed by atoms with van der Waals surface area (Å²) >= 11 is 0. The maximum atomic E-state index is 12.3. The van der Waals surface area contributed by atoms with Crippen LogP contribution in [0.25, 0.3) is 0 Å². The number of carbonyl (C=O) groups is 1. The lowest BCUT2D eigenvalue weighted by atomic mass is 9.96. The molecule has 0 aliphatic carbocycles. The lowest BCUT2D eigenvalue weighted by Gasteiger charge is -2.33. The Hall–Kier alpha value is -1.43. The van der Waals surface area contributed by atoms with Gasteiger partial charge in [0.1, 0.15) is 5.82 Å². The molecule has 1 aromatic rings. The van der Waals surface area contributed by atoms with Gasteiger partial charge in [-0.15, -0.1) is 5.10 Å². The van der Waals surface area contributed by atoms with Crippen molar-refractivity contribution in [1.29, 1.82) is 0 Å². The Morgan fingerprint density at radius 1 is 1.44 bits per heavy atom. The summed E-state index contributed by atoms with van der Waals surface area (Å²) in [6, 6.07) is 0.183. The predicted molar refractivity (Wildman–Crippen MR) is 68.5 cm³/mol. The Bertz CT molecular complexity index is 434. The summed E-state index contributed by atoms with van der Waals surface area (Å²) < 4.78 is 0. The van der Waals surface area contributed by atoms with Crippen LogP contribution in [0.4, 0.5) is 0 Å². The van der Waals surface area contributed by atoms with Crippen LogP contribution in [0.2, 0.25) is 0 Å². The smallest absolute Gasteiger partial charge is 0.293 e. The summed E-state index contributed by atoms with van der Waals surface area (Å²) in [5.41, 5.74) is -0.124. The Kier molecular flexibility index (Phi) is 3.38. The maximum Gasteiger partial charge on any atom is 0.293 e. The van der Waals surface area contributed by atoms with E-state index in [9.17, 15) is 4.79 Å². The minimum Gasteiger partial charge on any atom is -0.331 e. The van der Waals surface area contributed by atoms with Crippen LogP contribution in [0.3, 0.4) is 0 Å². The average molecular weight is 251 g/mol. The Morgan fingerprint density at radius 2 is 2.17 bits per heavy atom. The molecular formula is C12H21N5O. The molecule has 0 radical (unpaired) electrons. The van der Waals surface area contributed by atoms with E-state index in [0.29, 0.717) is 6.54 Å². The van der Waals surface area contributed by atoms with Crippen molar-refractivity contribution in [2.75, 3.05) is 19.6 Å². The van der Waals surface area contributed by atoms with Crippen LogP contribution in [-0.4, -0.2) is 51.7 Å². The van der Waals surface area contributed by atoms with Crippen LogP contribution in [-0.2, 0) is 5.41 Å². The summed E-state index contributed by atoms with van der Waals surface area (Å²) in [6.07, 6.45) is 0. The van der Waals surface area contributed by atoms with Crippen molar-refractivity contribution in [2.45, 2.75) is 39.2 Å². The van der Waals surface area contributed by atoms with Crippen molar-refractivity contribution < 1.29 is 4.79 Å². The zero-order valence-corrected chi connectivity index (χ0v) is 11.4. The minimum absolute atomic E-state index is 0.0873. The third-order valence-corrected chi connectivity index (χ3v) is 3.15. The van der Waals surface area contributed by atoms with E-state index in [1.807, 2.05) is 32.6 Å². The molecular weight excluding hydrogens is 230 g/mol. The van der Waals surface area contributed by atoms with Crippen LogP contribution in [0, 0.1) is 0 Å². The third kappa shape index (κ3) is 2.53. The van der Waals surface area contributed by atoms with E-state index >= 15 is 0 Å². The van der Waals surface area contributed by atoms with E-state index in [4.69, 9.17) is 0 Å². The molecule has 1 fully saturated rings. The second-order valence-corrected chi connectivity index (χ2v) is 5.81. The van der Waals surface area contributed by atoms with Crippen LogP contribution in [0.15, 0.2) is 0 Å². The number of nitrogens with zero attached hydrogens (tertiary/aromatic N) is 3. The highest BCUT2D eigenvalue weighted by Crippen LogP contribution is 2.18. The van der Waals surface area contributed by atoms with Gasteiger partial charge in [-0.25, -0.2) is 4.98 Å². The second kappa shape index (κ2) is 4.68. The van der Waals surface area contributed by atoms with Gasteiger partial charge in [0.05, 0.1) is 0 Å². The highest BCUT2D eigenvalue weighted by molar-refractivity contribution is 5.90. The van der Waals surface area contributed by atoms with Crippen molar-refractivity contribution in [3.05, 3.63) is 11.6 Å². The fraction of sp³-hybridized carbons (Fsp3) is 0.750. The van der Waals surface area contributed by atoms with Crippen molar-refractivity contribution in [1.82, 2.24) is 25.4 Å². The first-order chi connectivity index (χ1) is 8.39. The number of carbonyl (C=O) groups excluding carboxylic acids is 1. The summed E-state index contributed by atoms with van der Waals surface area (Å²) in [6.45, 7) is 10.5. The monoisotopic (exact) mass is 251 g/mol. The van der Waals surface area contributed by atoms with E-state index in [1.165, 1.54) is 0 Å². The van der Waals surface area contributed by atoms with Gasteiger partial charge < -0.3 is 10.2 Å². The van der Waals surface area contributed by atoms with Crippen LogP contribution in [0.5, 0.6) is 0 Å². The molecule has 0 saturated carbocycles. The molecule has 2 heterocycles. The van der Waals surface area contributed by atoms with Gasteiger partial charge in [-0.2, -0.15) is 0 Å². The van der Waals surface area contributed by atoms with Gasteiger partial charge in [0.2, 0.25) is 5.82 Å². The first kappa shape index (κ1) is 13.0. The number of aromatic nitrogens is 3. The fourth-order valence-electron chi connectivity index (χ4n) is 1.96. The van der Waals surface area contributed by atoms with Gasteiger partial charge in [-0.3, -0.25) is 9.89 Å². The Balaban J connectivity index is 2.16. The van der Waals surface area contributed by atoms with E-state index < -0.39 is 0 Å². The number of H-pyrrole nitrogens is 1. The summed E-state index contributed by atoms with van der Waals surface area (Å²) in [5.74, 6) is 0.929. The standard InChI is InChI=1S/C12H21N5O/c1-8-7-13-5-6-17(8)10(18)9-14-11(16-15-9)12(2,3)4/h8,13H,5-7H2,1-4H3,(H,14,15,16)/t8-/m1/s1. The number of hydrogen-bond acceptors (Lipinski definition) is 4. The number of aromatic amines is 1. The SMILES string of the molecule is C[C@@H]1CNCCN1C(=O)c1n[nH]c(C(C)(C)C)n1. The molecule has 1 saturated heterocycles. The molecule has 100 valence electrons. The van der Waals surface area contributed by atoms with Crippen molar-refractivity contribution >= 4 is 5.91 Å². The molecule has 1 aliphatic rings. The average Bonchev–Trinajstić information content (AvgIpc) is 2.77. The van der Waals surface area contributed by atoms with Gasteiger partial charge in [0.15, 0.2) is 0 Å². The van der Waals surface area contributed by atoms with Gasteiger partial charge in [0, 0.05) is 31.1 Å². The first-order valence-corrected chi connectivity index (χ1v) is 6.34. The van der Waals surface area contributed by atoms with Gasteiger partial charge in [0.25, 0.3) is 5.91 Å². The van der Waals surface area contributed by atoms with Crippen LogP contribution in [0.1, 0.15) is 44.1 Å². The molecule has 0 unspecified atom stereocenters. The van der Waals surface area contributed by atoms with E-state index in [1.54, 1.807) is 0 Å². The molecule has 0 spiro atoms. The molecule has 0 bridgehead atoms. The minimum atomic E-state index is -0.124. The predicted octanol–water partition coefficient (Wildman–Crippen LogP) is 0.536. The van der Waals surface area contributed by atoms with Gasteiger partial charge in [-0.1, -0.05) is 20.8 Å². The maximum absolute atomic E-state index is 12.3. The molecule has 1 aliphatic heterocycles. The quantitative estimate of drug-likeness (QED) is 0.764. The number of amides is 1. The highest BCUT2D eigenvalue weighted by Gasteiger charge is 2.28. The summed E-state index contributed by atoms with van der Waals surface area (Å²) in [4.78, 5) is 18.4. The molecule has 6 nitrogen and oxygen atoms in total. The molecule has 0 aromatic carbocycles. The van der Waals surface area contributed by atoms with E-state index in [2.05, 4.69) is 20.5 Å². The topological polar surface area (TPSA) is 73.9 Å². The fourth-order valence-corrected chi connectivity index (χ4v) is 1.96. The largest absolute Gasteiger partial charge is 0.331 e. The van der Waals surface area contributed by atoms with Crippen molar-refractivity contribution in [2.24, 2.45) is 0 Å². The first-order valence-electron chi connectivity index (χ1n) is 6.34. The molecule has 2 rings (SSSR count). The van der Waals surface area contributed by atoms with E-state index in [0.717, 1.165) is 18.9 Å². The second-order valence-electron chi connectivity index (χ2n) is 5.81. The van der Waals surface area contributed by atoms with Crippen LogP contribution >= 0.6 is 0 Å². The lowest BCUT2D eigenvalue weighted by molar-refractivity contribution is 0.0643. The number of hydrogen-bond donors (Lipinski definition) is 2. The molecule has 18 heavy (non-hydrogen) atoms. The van der Waals surface area contributed by atoms with Crippen molar-refractivity contribution in [3.63, 3.8) is 0 Å². The number of piperazine rings is 1. The van der Waals surface area contributed by atoms with E-state index in [-0.39, 0.29) is 23.2 Å². The molecule has 2 N–H and O–H groups in total.